The van der Waals surface area contributed by atoms with Crippen LogP contribution in [0, 0.1) is 5.92 Å². The second kappa shape index (κ2) is 31.7. The fourth-order valence-corrected chi connectivity index (χ4v) is 17.4. The highest BCUT2D eigenvalue weighted by Crippen LogP contribution is 2.48. The number of benzene rings is 8. The molecule has 518 valence electrons. The van der Waals surface area contributed by atoms with Gasteiger partial charge in [0.25, 0.3) is 0 Å². The Morgan fingerprint density at radius 1 is 0.327 bits per heavy atom. The number of halogens is 8. The lowest BCUT2D eigenvalue weighted by Gasteiger charge is -2.33. The third-order valence-corrected chi connectivity index (χ3v) is 23.8. The van der Waals surface area contributed by atoms with Gasteiger partial charge in [-0.3, -0.25) is 0 Å². The Labute approximate surface area is 643 Å². The molecule has 5 unspecified atom stereocenters. The molecule has 5 atom stereocenters. The molecule has 5 aliphatic rings. The summed E-state index contributed by atoms with van der Waals surface area (Å²) >= 11 is 30.0. The second-order valence-corrected chi connectivity index (χ2v) is 34.5. The lowest BCUT2D eigenvalue weighted by molar-refractivity contribution is 0.185. The van der Waals surface area contributed by atoms with Crippen LogP contribution in [0.15, 0.2) is 181 Å². The molecule has 8 aromatic carbocycles. The summed E-state index contributed by atoms with van der Waals surface area (Å²) in [5, 5.41) is 0. The summed E-state index contributed by atoms with van der Waals surface area (Å²) in [6.45, 7) is 25.1. The predicted molar refractivity (Wildman–Crippen MR) is 414 cm³/mol. The van der Waals surface area contributed by atoms with Gasteiger partial charge < -0.3 is 52.1 Å². The molecule has 0 saturated carbocycles. The van der Waals surface area contributed by atoms with Crippen molar-refractivity contribution in [1.29, 1.82) is 0 Å². The number of aryl methyl sites for hydroxylation is 1. The monoisotopic (exact) mass is 1840 g/mol. The first kappa shape index (κ1) is 73.9. The van der Waals surface area contributed by atoms with E-state index in [9.17, 15) is 0 Å². The minimum Gasteiger partial charge on any atom is -0.491 e. The van der Waals surface area contributed by atoms with Crippen molar-refractivity contribution in [3.63, 3.8) is 0 Å². The standard InChI is InChI=1S/C40H38Br8O6.C39H42O5/c1-20(14-51-35-27(41)6-21(7-28(35)42)39(2,3)23-10-31(45)37(32(46)11-23)53-18-25-16-49-25)15-52-36-29(43)8-22(9-30(36)44)40(4,5)24-12-33(47)38(34(48)13-24)54-19-26-17-50-26;1-38(2,28-7-4-27(5-8-28)6-17-35-22-42-35)29-9-11-30(12-10-29)39(3,31-13-18-33(19-14-31)40-23-36-25-43-36)32-15-20-34(21-16-32)41-24-37-26-44-37/h6-13,20,25-26H,14-19H2,1-5H3;4-5,7-16,18-21,35-37H,6,17,22-26H2,1-3H3. The molecule has 0 N–H and O–H groups in total. The Balaban J connectivity index is 0.000000190. The molecule has 0 bridgehead atoms. The smallest absolute Gasteiger partial charge is 0.147 e. The molecule has 5 saturated heterocycles. The van der Waals surface area contributed by atoms with Crippen LogP contribution in [0.5, 0.6) is 34.5 Å². The third-order valence-electron chi connectivity index (χ3n) is 19.1. The maximum absolute atomic E-state index is 6.37. The minimum atomic E-state index is -0.383. The van der Waals surface area contributed by atoms with Crippen molar-refractivity contribution >= 4 is 127 Å². The van der Waals surface area contributed by atoms with Gasteiger partial charge in [0.1, 0.15) is 85.3 Å². The zero-order chi connectivity index (χ0) is 69.3. The Kier molecular flexibility index (Phi) is 23.9. The van der Waals surface area contributed by atoms with Crippen LogP contribution in [0.25, 0.3) is 0 Å². The fraction of sp³-hybridized carbons (Fsp3) is 0.392. The quantitative estimate of drug-likeness (QED) is 0.0316. The average molecular weight is 1840 g/mol. The number of ether oxygens (including phenoxy) is 11. The van der Waals surface area contributed by atoms with Gasteiger partial charge in [-0.25, -0.2) is 0 Å². The van der Waals surface area contributed by atoms with E-state index in [1.807, 2.05) is 0 Å². The van der Waals surface area contributed by atoms with Gasteiger partial charge in [0.05, 0.1) is 88.1 Å². The van der Waals surface area contributed by atoms with Gasteiger partial charge >= 0.3 is 0 Å². The maximum Gasteiger partial charge on any atom is 0.147 e. The van der Waals surface area contributed by atoms with Crippen LogP contribution in [-0.2, 0) is 51.8 Å². The normalized spacial score (nSPS) is 19.3. The summed E-state index contributed by atoms with van der Waals surface area (Å²) in [6, 6.07) is 52.3. The van der Waals surface area contributed by atoms with Crippen molar-refractivity contribution in [2.45, 2.75) is 120 Å². The van der Waals surface area contributed by atoms with Crippen molar-refractivity contribution in [1.82, 2.24) is 0 Å². The Morgan fingerprint density at radius 2 is 0.571 bits per heavy atom. The molecule has 98 heavy (non-hydrogen) atoms. The van der Waals surface area contributed by atoms with Crippen molar-refractivity contribution in [3.8, 4) is 34.5 Å². The van der Waals surface area contributed by atoms with Crippen molar-refractivity contribution in [3.05, 3.63) is 237 Å². The van der Waals surface area contributed by atoms with E-state index in [2.05, 4.69) is 328 Å². The summed E-state index contributed by atoms with van der Waals surface area (Å²) < 4.78 is 70.3. The first-order chi connectivity index (χ1) is 46.8. The molecule has 13 rings (SSSR count). The van der Waals surface area contributed by atoms with Crippen molar-refractivity contribution < 1.29 is 52.1 Å². The molecule has 5 fully saturated rings. The molecule has 19 heteroatoms. The fourth-order valence-electron chi connectivity index (χ4n) is 11.8. The van der Waals surface area contributed by atoms with Crippen molar-refractivity contribution in [2.24, 2.45) is 5.92 Å². The van der Waals surface area contributed by atoms with Gasteiger partial charge in [-0.1, -0.05) is 121 Å². The molecule has 0 aliphatic carbocycles. The van der Waals surface area contributed by atoms with Crippen LogP contribution >= 0.6 is 127 Å². The van der Waals surface area contributed by atoms with Gasteiger partial charge in [-0.05, 0) is 276 Å². The van der Waals surface area contributed by atoms with E-state index in [0.29, 0.717) is 45.7 Å². The average Bonchev–Trinajstić information content (AvgIpc) is 0.983. The number of epoxide rings is 5. The van der Waals surface area contributed by atoms with E-state index in [0.717, 1.165) is 138 Å². The molecule has 5 aliphatic heterocycles. The number of hydrogen-bond acceptors (Lipinski definition) is 11. The molecule has 0 amide bonds. The second-order valence-electron chi connectivity index (χ2n) is 27.7. The van der Waals surface area contributed by atoms with E-state index >= 15 is 0 Å². The highest BCUT2D eigenvalue weighted by molar-refractivity contribution is 9.12. The largest absolute Gasteiger partial charge is 0.491 e. The molecule has 11 nitrogen and oxygen atoms in total. The topological polar surface area (TPSA) is 118 Å². The summed E-state index contributed by atoms with van der Waals surface area (Å²) in [4.78, 5) is 0. The van der Waals surface area contributed by atoms with Crippen LogP contribution in [0.4, 0.5) is 0 Å². The third kappa shape index (κ3) is 18.4. The lowest BCUT2D eigenvalue weighted by atomic mass is 9.70. The van der Waals surface area contributed by atoms with Crippen LogP contribution in [0.1, 0.15) is 117 Å². The summed E-state index contributed by atoms with van der Waals surface area (Å²) in [5.74, 6) is 4.88. The summed E-state index contributed by atoms with van der Waals surface area (Å²) in [7, 11) is 0. The highest BCUT2D eigenvalue weighted by atomic mass is 79.9. The van der Waals surface area contributed by atoms with Crippen LogP contribution in [-0.4, -0.2) is 103 Å². The Hall–Kier alpha value is -3.80. The SMILES string of the molecule is CC(C)(c1ccc(CCC2CO2)cc1)c1ccc(C(C)(c2ccc(OCC3CO3)cc2)c2ccc(OCC3CO3)cc2)cc1.CC(COc1c(Br)cc(C(C)(C)c2cc(Br)c(OCC3CO3)c(Br)c2)cc1Br)COc1c(Br)cc(C(C)(C)c2cc(Br)c(OCC3CO3)c(Br)c2)cc1Br. The molecule has 8 aromatic rings. The van der Waals surface area contributed by atoms with Crippen LogP contribution < -0.4 is 28.4 Å². The van der Waals surface area contributed by atoms with Gasteiger partial charge in [0, 0.05) is 27.6 Å². The number of rotatable bonds is 30. The predicted octanol–water partition coefficient (Wildman–Crippen LogP) is 21.3. The molecule has 0 radical (unpaired) electrons. The molecule has 0 spiro atoms. The van der Waals surface area contributed by atoms with Crippen molar-refractivity contribution in [2.75, 3.05) is 72.7 Å². The summed E-state index contributed by atoms with van der Waals surface area (Å²) in [5.41, 5.74) is 11.0. The molecular formula is C79H80Br8O11. The lowest BCUT2D eigenvalue weighted by Crippen LogP contribution is -2.26. The van der Waals surface area contributed by atoms with E-state index in [4.69, 9.17) is 52.1 Å². The zero-order valence-corrected chi connectivity index (χ0v) is 68.7. The first-order valence-electron chi connectivity index (χ1n) is 33.1. The Morgan fingerprint density at radius 3 is 0.867 bits per heavy atom. The Bertz CT molecular complexity index is 3790. The summed E-state index contributed by atoms with van der Waals surface area (Å²) in [6.07, 6.45) is 3.48. The molecule has 5 heterocycles. The van der Waals surface area contributed by atoms with E-state index in [1.54, 1.807) is 0 Å². The first-order valence-corrected chi connectivity index (χ1v) is 39.4. The van der Waals surface area contributed by atoms with Gasteiger partial charge in [0.15, 0.2) is 0 Å². The van der Waals surface area contributed by atoms with Crippen LogP contribution in [0.3, 0.4) is 0 Å². The van der Waals surface area contributed by atoms with Gasteiger partial charge in [-0.2, -0.15) is 0 Å². The molecular weight excluding hydrogens is 1760 g/mol. The van der Waals surface area contributed by atoms with E-state index < -0.39 is 0 Å². The number of hydrogen-bond donors (Lipinski definition) is 0. The zero-order valence-electron chi connectivity index (χ0n) is 56.0. The van der Waals surface area contributed by atoms with Crippen LogP contribution in [0.2, 0.25) is 0 Å². The van der Waals surface area contributed by atoms with E-state index in [1.165, 1.54) is 33.4 Å². The highest BCUT2D eigenvalue weighted by Gasteiger charge is 2.36. The minimum absolute atomic E-state index is 0.0960. The molecule has 0 aromatic heterocycles. The van der Waals surface area contributed by atoms with Gasteiger partial charge in [-0.15, -0.1) is 0 Å². The van der Waals surface area contributed by atoms with E-state index in [-0.39, 0.29) is 52.0 Å². The maximum atomic E-state index is 6.37. The van der Waals surface area contributed by atoms with Gasteiger partial charge in [0.2, 0.25) is 0 Å².